The minimum Gasteiger partial charge on any atom is -0.469 e. The Hall–Kier alpha value is -1.66. The van der Waals surface area contributed by atoms with E-state index in [1.807, 2.05) is 6.07 Å². The summed E-state index contributed by atoms with van der Waals surface area (Å²) in [7, 11) is -2.10. The number of allylic oxidation sites excluding steroid dienone is 2. The maximum atomic E-state index is 12.9. The summed E-state index contributed by atoms with van der Waals surface area (Å²) < 4.78 is 33.4. The highest BCUT2D eigenvalue weighted by Gasteiger charge is 2.57. The average Bonchev–Trinajstić information content (AvgIpc) is 2.71. The molecular formula is C23H33NO4S. The van der Waals surface area contributed by atoms with Crippen molar-refractivity contribution in [2.75, 3.05) is 7.11 Å². The van der Waals surface area contributed by atoms with Crippen LogP contribution in [0.2, 0.25) is 0 Å². The molecule has 0 heterocycles. The molecule has 5 nitrogen and oxygen atoms in total. The smallest absolute Gasteiger partial charge is 0.305 e. The molecule has 29 heavy (non-hydrogen) atoms. The predicted molar refractivity (Wildman–Crippen MR) is 114 cm³/mol. The van der Waals surface area contributed by atoms with E-state index in [-0.39, 0.29) is 17.4 Å². The molecule has 160 valence electrons. The standard InChI is InChI=1S/C23H33NO4S/c1-23(2)17-15-20(23)19(13-9-4-5-10-14-22(25)28-3)21(16-17)24-29(26,27)18-11-7-6-8-12-18/h4,6-9,11-12,17,19-21,24H,5,10,13-16H2,1-3H3/b9-4-. The van der Waals surface area contributed by atoms with Crippen molar-refractivity contribution in [3.63, 3.8) is 0 Å². The number of ether oxygens (including phenoxy) is 1. The van der Waals surface area contributed by atoms with Crippen LogP contribution < -0.4 is 4.72 Å². The van der Waals surface area contributed by atoms with Gasteiger partial charge in [-0.05, 0) is 67.4 Å². The van der Waals surface area contributed by atoms with Crippen LogP contribution in [0.3, 0.4) is 0 Å². The molecule has 0 aliphatic heterocycles. The molecule has 6 heteroatoms. The van der Waals surface area contributed by atoms with Crippen LogP contribution in [0.1, 0.15) is 52.4 Å². The summed E-state index contributed by atoms with van der Waals surface area (Å²) in [5.41, 5.74) is 0.276. The number of nitrogens with one attached hydrogen (secondary N) is 1. The van der Waals surface area contributed by atoms with Crippen molar-refractivity contribution in [2.45, 2.75) is 63.3 Å². The zero-order valence-corrected chi connectivity index (χ0v) is 18.5. The maximum Gasteiger partial charge on any atom is 0.305 e. The van der Waals surface area contributed by atoms with Gasteiger partial charge in [-0.2, -0.15) is 0 Å². The van der Waals surface area contributed by atoms with Crippen molar-refractivity contribution in [3.8, 4) is 0 Å². The van der Waals surface area contributed by atoms with E-state index in [2.05, 4.69) is 35.5 Å². The highest BCUT2D eigenvalue weighted by Crippen LogP contribution is 2.62. The summed E-state index contributed by atoms with van der Waals surface area (Å²) in [6.45, 7) is 4.64. The first-order valence-corrected chi connectivity index (χ1v) is 12.0. The van der Waals surface area contributed by atoms with Crippen molar-refractivity contribution in [2.24, 2.45) is 23.2 Å². The van der Waals surface area contributed by atoms with Crippen LogP contribution in [-0.2, 0) is 19.6 Å². The van der Waals surface area contributed by atoms with Gasteiger partial charge in [0.15, 0.2) is 0 Å². The lowest BCUT2D eigenvalue weighted by atomic mass is 9.44. The molecule has 1 aromatic rings. The lowest BCUT2D eigenvalue weighted by Crippen LogP contribution is -2.61. The molecule has 4 unspecified atom stereocenters. The molecule has 0 spiro atoms. The number of sulfonamides is 1. The SMILES string of the molecule is COC(=O)CCC/C=C\CC1C(NS(=O)(=O)c2ccccc2)CC2CC1C2(C)C. The number of fused-ring (bicyclic) bond motifs is 2. The van der Waals surface area contributed by atoms with E-state index in [4.69, 9.17) is 0 Å². The molecule has 0 saturated heterocycles. The third-order valence-electron chi connectivity index (χ3n) is 7.03. The molecule has 0 aromatic heterocycles. The summed E-state index contributed by atoms with van der Waals surface area (Å²) in [5, 5.41) is 0. The zero-order valence-electron chi connectivity index (χ0n) is 17.6. The molecule has 1 aromatic carbocycles. The normalized spacial score (nSPS) is 28.1. The van der Waals surface area contributed by atoms with Crippen molar-refractivity contribution >= 4 is 16.0 Å². The van der Waals surface area contributed by atoms with Crippen LogP contribution in [0.4, 0.5) is 0 Å². The van der Waals surface area contributed by atoms with Crippen LogP contribution in [0.15, 0.2) is 47.4 Å². The topological polar surface area (TPSA) is 72.5 Å². The Morgan fingerprint density at radius 2 is 1.93 bits per heavy atom. The van der Waals surface area contributed by atoms with Gasteiger partial charge in [0.25, 0.3) is 0 Å². The fraction of sp³-hybridized carbons (Fsp3) is 0.609. The Bertz CT molecular complexity index is 832. The molecule has 1 N–H and O–H groups in total. The number of methoxy groups -OCH3 is 1. The Morgan fingerprint density at radius 3 is 2.59 bits per heavy atom. The molecule has 2 bridgehead atoms. The maximum absolute atomic E-state index is 12.9. The van der Waals surface area contributed by atoms with Gasteiger partial charge in [-0.3, -0.25) is 4.79 Å². The zero-order chi connectivity index (χ0) is 21.1. The van der Waals surface area contributed by atoms with Gasteiger partial charge in [0.1, 0.15) is 0 Å². The number of esters is 1. The summed E-state index contributed by atoms with van der Waals surface area (Å²) >= 11 is 0. The fourth-order valence-corrected chi connectivity index (χ4v) is 6.43. The quantitative estimate of drug-likeness (QED) is 0.368. The van der Waals surface area contributed by atoms with Gasteiger partial charge in [-0.1, -0.05) is 44.2 Å². The highest BCUT2D eigenvalue weighted by atomic mass is 32.2. The number of hydrogen-bond donors (Lipinski definition) is 1. The molecule has 3 fully saturated rings. The van der Waals surface area contributed by atoms with E-state index < -0.39 is 10.0 Å². The molecule has 4 rings (SSSR count). The Balaban J connectivity index is 1.64. The lowest BCUT2D eigenvalue weighted by molar-refractivity contribution is -0.140. The van der Waals surface area contributed by atoms with Crippen LogP contribution in [0.25, 0.3) is 0 Å². The van der Waals surface area contributed by atoms with E-state index in [0.717, 1.165) is 25.7 Å². The van der Waals surface area contributed by atoms with E-state index in [1.165, 1.54) is 13.5 Å². The first kappa shape index (κ1) is 22.0. The largest absolute Gasteiger partial charge is 0.469 e. The molecule has 4 atom stereocenters. The molecular weight excluding hydrogens is 386 g/mol. The van der Waals surface area contributed by atoms with Gasteiger partial charge in [0.2, 0.25) is 10.0 Å². The van der Waals surface area contributed by atoms with Gasteiger partial charge in [0.05, 0.1) is 12.0 Å². The van der Waals surface area contributed by atoms with Gasteiger partial charge in [-0.25, -0.2) is 13.1 Å². The van der Waals surface area contributed by atoms with Crippen molar-refractivity contribution in [3.05, 3.63) is 42.5 Å². The molecule has 3 aliphatic carbocycles. The van der Waals surface area contributed by atoms with Gasteiger partial charge < -0.3 is 4.74 Å². The third-order valence-corrected chi connectivity index (χ3v) is 8.54. The van der Waals surface area contributed by atoms with Crippen molar-refractivity contribution in [1.29, 1.82) is 0 Å². The Kier molecular flexibility index (Phi) is 6.84. The lowest BCUT2D eigenvalue weighted by Gasteiger charge is -2.62. The minimum absolute atomic E-state index is 0.0308. The van der Waals surface area contributed by atoms with Gasteiger partial charge >= 0.3 is 5.97 Å². The number of carbonyl (C=O) groups excluding carboxylic acids is 1. The predicted octanol–water partition coefficient (Wildman–Crippen LogP) is 4.31. The number of unbranched alkanes of at least 4 members (excludes halogenated alkanes) is 1. The summed E-state index contributed by atoms with van der Waals surface area (Å²) in [6, 6.07) is 8.59. The van der Waals surface area contributed by atoms with Crippen LogP contribution in [0, 0.1) is 23.2 Å². The Morgan fingerprint density at radius 1 is 1.21 bits per heavy atom. The molecule has 0 amide bonds. The second-order valence-electron chi connectivity index (χ2n) is 8.98. The second-order valence-corrected chi connectivity index (χ2v) is 10.7. The highest BCUT2D eigenvalue weighted by molar-refractivity contribution is 7.89. The number of carbonyl (C=O) groups is 1. The van der Waals surface area contributed by atoms with E-state index in [1.54, 1.807) is 24.3 Å². The fourth-order valence-electron chi connectivity index (χ4n) is 5.11. The minimum atomic E-state index is -3.51. The van der Waals surface area contributed by atoms with Crippen LogP contribution >= 0.6 is 0 Å². The van der Waals surface area contributed by atoms with Gasteiger partial charge in [-0.15, -0.1) is 0 Å². The Labute approximate surface area is 175 Å². The first-order chi connectivity index (χ1) is 13.8. The van der Waals surface area contributed by atoms with Crippen molar-refractivity contribution in [1.82, 2.24) is 4.72 Å². The number of hydrogen-bond acceptors (Lipinski definition) is 4. The summed E-state index contributed by atoms with van der Waals surface area (Å²) in [6.07, 6.45) is 9.27. The third kappa shape index (κ3) is 4.92. The van der Waals surface area contributed by atoms with Crippen LogP contribution in [-0.4, -0.2) is 27.5 Å². The van der Waals surface area contributed by atoms with E-state index >= 15 is 0 Å². The molecule has 3 aliphatic rings. The molecule has 0 radical (unpaired) electrons. The van der Waals surface area contributed by atoms with Crippen molar-refractivity contribution < 1.29 is 17.9 Å². The summed E-state index contributed by atoms with van der Waals surface area (Å²) in [5.74, 6) is 1.23. The second kappa shape index (κ2) is 9.00. The number of benzene rings is 1. The first-order valence-electron chi connectivity index (χ1n) is 10.5. The monoisotopic (exact) mass is 419 g/mol. The van der Waals surface area contributed by atoms with E-state index in [0.29, 0.717) is 29.1 Å². The average molecular weight is 420 g/mol. The molecule has 3 saturated carbocycles. The van der Waals surface area contributed by atoms with E-state index in [9.17, 15) is 13.2 Å². The van der Waals surface area contributed by atoms with Gasteiger partial charge in [0, 0.05) is 12.5 Å². The van der Waals surface area contributed by atoms with Crippen LogP contribution in [0.5, 0.6) is 0 Å². The summed E-state index contributed by atoms with van der Waals surface area (Å²) in [4.78, 5) is 11.5. The number of rotatable bonds is 9.